The number of methoxy groups -OCH3 is 1. The Bertz CT molecular complexity index is 1200. The largest absolute Gasteiger partial charge is 0.506 e. The Morgan fingerprint density at radius 3 is 2.86 bits per heavy atom. The van der Waals surface area contributed by atoms with E-state index in [1.54, 1.807) is 25.5 Å². The number of phenolic OH excluding ortho intramolecular Hbond substituents is 1. The van der Waals surface area contributed by atoms with Crippen LogP contribution in [0, 0.1) is 0 Å². The van der Waals surface area contributed by atoms with Crippen molar-refractivity contribution in [2.24, 2.45) is 4.99 Å². The molecule has 1 aromatic heterocycles. The zero-order chi connectivity index (χ0) is 19.7. The van der Waals surface area contributed by atoms with E-state index < -0.39 is 0 Å². The van der Waals surface area contributed by atoms with Crippen LogP contribution in [0.25, 0.3) is 22.6 Å². The first-order valence-corrected chi connectivity index (χ1v) is 9.47. The normalized spacial score (nSPS) is 11.4. The van der Waals surface area contributed by atoms with Crippen LogP contribution >= 0.6 is 27.5 Å². The highest BCUT2D eigenvalue weighted by atomic mass is 79.9. The molecule has 0 unspecified atom stereocenters. The molecule has 5 nitrogen and oxygen atoms in total. The molecular formula is C21H14BrClN2O3. The third-order valence-electron chi connectivity index (χ3n) is 4.10. The van der Waals surface area contributed by atoms with Crippen molar-refractivity contribution < 1.29 is 14.3 Å². The average molecular weight is 458 g/mol. The van der Waals surface area contributed by atoms with Gasteiger partial charge in [0.15, 0.2) is 5.58 Å². The summed E-state index contributed by atoms with van der Waals surface area (Å²) in [6, 6.07) is 16.3. The zero-order valence-electron chi connectivity index (χ0n) is 14.7. The number of phenols is 1. The van der Waals surface area contributed by atoms with E-state index in [1.807, 2.05) is 42.5 Å². The molecule has 7 heteroatoms. The van der Waals surface area contributed by atoms with Crippen LogP contribution in [0.1, 0.15) is 5.56 Å². The monoisotopic (exact) mass is 456 g/mol. The van der Waals surface area contributed by atoms with E-state index in [1.165, 1.54) is 0 Å². The molecule has 28 heavy (non-hydrogen) atoms. The second-order valence-electron chi connectivity index (χ2n) is 5.99. The lowest BCUT2D eigenvalue weighted by Gasteiger charge is -2.02. The molecule has 0 atom stereocenters. The van der Waals surface area contributed by atoms with Gasteiger partial charge >= 0.3 is 0 Å². The van der Waals surface area contributed by atoms with E-state index in [0.29, 0.717) is 28.2 Å². The summed E-state index contributed by atoms with van der Waals surface area (Å²) in [4.78, 5) is 8.96. The molecule has 0 aliphatic heterocycles. The molecule has 0 bridgehead atoms. The maximum absolute atomic E-state index is 10.1. The molecule has 0 radical (unpaired) electrons. The number of hydrogen-bond acceptors (Lipinski definition) is 5. The van der Waals surface area contributed by atoms with E-state index >= 15 is 0 Å². The minimum absolute atomic E-state index is 0.0172. The van der Waals surface area contributed by atoms with Crippen molar-refractivity contribution in [3.63, 3.8) is 0 Å². The molecule has 0 spiro atoms. The molecule has 0 saturated carbocycles. The van der Waals surface area contributed by atoms with Gasteiger partial charge in [0.1, 0.15) is 17.0 Å². The van der Waals surface area contributed by atoms with Gasteiger partial charge in [0.25, 0.3) is 0 Å². The zero-order valence-corrected chi connectivity index (χ0v) is 17.0. The Kier molecular flexibility index (Phi) is 5.07. The first-order valence-electron chi connectivity index (χ1n) is 8.30. The molecule has 0 aliphatic rings. The Hall–Kier alpha value is -2.83. The molecule has 4 aromatic rings. The number of halogens is 2. The number of oxazole rings is 1. The quantitative estimate of drug-likeness (QED) is 0.361. The fraction of sp³-hybridized carbons (Fsp3) is 0.0476. The fourth-order valence-corrected chi connectivity index (χ4v) is 3.54. The van der Waals surface area contributed by atoms with E-state index in [9.17, 15) is 5.11 Å². The van der Waals surface area contributed by atoms with Gasteiger partial charge in [0.2, 0.25) is 5.89 Å². The van der Waals surface area contributed by atoms with Crippen molar-refractivity contribution in [1.82, 2.24) is 4.98 Å². The number of aromatic nitrogens is 1. The Labute approximate surface area is 174 Å². The number of rotatable bonds is 4. The van der Waals surface area contributed by atoms with Crippen LogP contribution in [-0.2, 0) is 0 Å². The highest BCUT2D eigenvalue weighted by Crippen LogP contribution is 2.32. The maximum Gasteiger partial charge on any atom is 0.227 e. The molecule has 1 N–H and O–H groups in total. The summed E-state index contributed by atoms with van der Waals surface area (Å²) in [5, 5.41) is 10.3. The van der Waals surface area contributed by atoms with Crippen molar-refractivity contribution in [3.8, 4) is 23.0 Å². The molecule has 0 fully saturated rings. The lowest BCUT2D eigenvalue weighted by atomic mass is 10.2. The lowest BCUT2D eigenvalue weighted by molar-refractivity contribution is 0.415. The molecule has 0 aliphatic carbocycles. The molecule has 0 amide bonds. The maximum atomic E-state index is 10.1. The summed E-state index contributed by atoms with van der Waals surface area (Å²) < 4.78 is 11.8. The summed E-state index contributed by atoms with van der Waals surface area (Å²) in [5.41, 5.74) is 3.36. The van der Waals surface area contributed by atoms with Gasteiger partial charge in [-0.25, -0.2) is 4.98 Å². The molecular weight excluding hydrogens is 444 g/mol. The van der Waals surface area contributed by atoms with Gasteiger partial charge < -0.3 is 14.3 Å². The van der Waals surface area contributed by atoms with Crippen LogP contribution < -0.4 is 4.74 Å². The van der Waals surface area contributed by atoms with E-state index in [0.717, 1.165) is 15.8 Å². The Morgan fingerprint density at radius 2 is 2.04 bits per heavy atom. The highest BCUT2D eigenvalue weighted by Gasteiger charge is 2.10. The van der Waals surface area contributed by atoms with Crippen LogP contribution in [-0.4, -0.2) is 23.4 Å². The first kappa shape index (κ1) is 18.5. The SMILES string of the molecule is COc1cccc(-c2nc3cc(N=Cc4cc(Br)cc(Cl)c4O)ccc3o2)c1. The lowest BCUT2D eigenvalue weighted by Crippen LogP contribution is -1.84. The number of fused-ring (bicyclic) bond motifs is 1. The third-order valence-corrected chi connectivity index (χ3v) is 4.84. The van der Waals surface area contributed by atoms with Crippen molar-refractivity contribution in [1.29, 1.82) is 0 Å². The van der Waals surface area contributed by atoms with Crippen molar-refractivity contribution in [2.45, 2.75) is 0 Å². The van der Waals surface area contributed by atoms with E-state index in [-0.39, 0.29) is 10.8 Å². The van der Waals surface area contributed by atoms with Crippen LogP contribution in [0.4, 0.5) is 5.69 Å². The summed E-state index contributed by atoms with van der Waals surface area (Å²) in [6.07, 6.45) is 1.55. The summed E-state index contributed by atoms with van der Waals surface area (Å²) in [5.74, 6) is 1.22. The standard InChI is InChI=1S/C21H14BrClN2O3/c1-27-16-4-2-3-12(8-16)21-25-18-10-15(5-6-19(18)28-21)24-11-13-7-14(22)9-17(23)20(13)26/h2-11,26H,1H3. The fourth-order valence-electron chi connectivity index (χ4n) is 2.70. The Morgan fingerprint density at radius 1 is 1.18 bits per heavy atom. The minimum atomic E-state index is -0.0172. The number of aliphatic imine (C=N–C) groups is 1. The van der Waals surface area contributed by atoms with Gasteiger partial charge in [-0.3, -0.25) is 4.99 Å². The van der Waals surface area contributed by atoms with Crippen molar-refractivity contribution >= 4 is 50.5 Å². The van der Waals surface area contributed by atoms with Gasteiger partial charge in [-0.1, -0.05) is 33.6 Å². The second kappa shape index (κ2) is 7.66. The predicted molar refractivity (Wildman–Crippen MR) is 114 cm³/mol. The van der Waals surface area contributed by atoms with Gasteiger partial charge in [0, 0.05) is 21.8 Å². The van der Waals surface area contributed by atoms with Crippen molar-refractivity contribution in [2.75, 3.05) is 7.11 Å². The van der Waals surface area contributed by atoms with Crippen LogP contribution in [0.15, 0.2) is 68.5 Å². The number of nitrogens with zero attached hydrogens (tertiary/aromatic N) is 2. The van der Waals surface area contributed by atoms with Gasteiger partial charge in [0.05, 0.1) is 17.8 Å². The minimum Gasteiger partial charge on any atom is -0.506 e. The number of hydrogen-bond donors (Lipinski definition) is 1. The number of benzene rings is 3. The summed E-state index contributed by atoms with van der Waals surface area (Å²) in [6.45, 7) is 0. The van der Waals surface area contributed by atoms with Crippen LogP contribution in [0.3, 0.4) is 0 Å². The van der Waals surface area contributed by atoms with E-state index in [2.05, 4.69) is 25.9 Å². The molecule has 3 aromatic carbocycles. The highest BCUT2D eigenvalue weighted by molar-refractivity contribution is 9.10. The molecule has 0 saturated heterocycles. The predicted octanol–water partition coefficient (Wildman–Crippen LogP) is 6.38. The van der Waals surface area contributed by atoms with Crippen molar-refractivity contribution in [3.05, 3.63) is 69.7 Å². The average Bonchev–Trinajstić information content (AvgIpc) is 3.13. The number of aromatic hydroxyl groups is 1. The molecule has 4 rings (SSSR count). The topological polar surface area (TPSA) is 67.9 Å². The first-order chi connectivity index (χ1) is 13.5. The smallest absolute Gasteiger partial charge is 0.227 e. The number of ether oxygens (including phenoxy) is 1. The van der Waals surface area contributed by atoms with Gasteiger partial charge in [-0.05, 0) is 48.5 Å². The summed E-state index contributed by atoms with van der Waals surface area (Å²) >= 11 is 9.34. The second-order valence-corrected chi connectivity index (χ2v) is 7.31. The van der Waals surface area contributed by atoms with Crippen LogP contribution in [0.5, 0.6) is 11.5 Å². The van der Waals surface area contributed by atoms with Crippen LogP contribution in [0.2, 0.25) is 5.02 Å². The molecule has 1 heterocycles. The van der Waals surface area contributed by atoms with E-state index in [4.69, 9.17) is 20.8 Å². The molecule has 140 valence electrons. The summed E-state index contributed by atoms with van der Waals surface area (Å²) in [7, 11) is 1.62. The Balaban J connectivity index is 1.67. The third kappa shape index (κ3) is 3.74. The van der Waals surface area contributed by atoms with Gasteiger partial charge in [-0.15, -0.1) is 0 Å². The van der Waals surface area contributed by atoms with Gasteiger partial charge in [-0.2, -0.15) is 0 Å².